The van der Waals surface area contributed by atoms with Gasteiger partial charge in [-0.25, -0.2) is 8.42 Å². The first-order chi connectivity index (χ1) is 10.1. The van der Waals surface area contributed by atoms with Crippen LogP contribution >= 0.6 is 11.3 Å². The number of unbranched alkanes of at least 4 members (excludes halogenated alkanes) is 1. The Morgan fingerprint density at radius 3 is 2.76 bits per heavy atom. The maximum atomic E-state index is 12.6. The summed E-state index contributed by atoms with van der Waals surface area (Å²) in [6.45, 7) is 3.96. The molecule has 0 N–H and O–H groups in total. The van der Waals surface area contributed by atoms with Crippen LogP contribution in [0.25, 0.3) is 0 Å². The zero-order chi connectivity index (χ0) is 15.1. The largest absolute Gasteiger partial charge is 0.381 e. The van der Waals surface area contributed by atoms with Crippen molar-refractivity contribution >= 4 is 21.4 Å². The molecule has 2 heterocycles. The van der Waals surface area contributed by atoms with Gasteiger partial charge < -0.3 is 4.74 Å². The molecule has 0 radical (unpaired) electrons. The van der Waals surface area contributed by atoms with Gasteiger partial charge in [-0.05, 0) is 37.1 Å². The van der Waals surface area contributed by atoms with Gasteiger partial charge in [0.15, 0.2) is 0 Å². The summed E-state index contributed by atoms with van der Waals surface area (Å²) in [5.41, 5.74) is 0. The van der Waals surface area contributed by atoms with E-state index in [9.17, 15) is 8.42 Å². The quantitative estimate of drug-likeness (QED) is 0.736. The molecule has 21 heavy (non-hydrogen) atoms. The Labute approximate surface area is 132 Å². The summed E-state index contributed by atoms with van der Waals surface area (Å²) < 4.78 is 32.4. The zero-order valence-electron chi connectivity index (χ0n) is 12.7. The van der Waals surface area contributed by atoms with Gasteiger partial charge in [0.05, 0.1) is 5.75 Å². The minimum atomic E-state index is -3.15. The van der Waals surface area contributed by atoms with E-state index in [4.69, 9.17) is 4.74 Å². The predicted molar refractivity (Wildman–Crippen MR) is 87.3 cm³/mol. The van der Waals surface area contributed by atoms with Crippen LogP contribution in [0, 0.1) is 0 Å². The molecule has 1 aromatic heterocycles. The molecule has 1 aromatic rings. The second-order valence-electron chi connectivity index (χ2n) is 5.45. The van der Waals surface area contributed by atoms with Crippen LogP contribution in [0.4, 0.5) is 0 Å². The van der Waals surface area contributed by atoms with Gasteiger partial charge >= 0.3 is 0 Å². The van der Waals surface area contributed by atoms with E-state index in [-0.39, 0.29) is 11.8 Å². The number of hydrogen-bond acceptors (Lipinski definition) is 4. The normalized spacial score (nSPS) is 17.4. The summed E-state index contributed by atoms with van der Waals surface area (Å²) in [4.78, 5) is 1.25. The first-order valence-electron chi connectivity index (χ1n) is 7.73. The van der Waals surface area contributed by atoms with E-state index in [0.29, 0.717) is 19.8 Å². The molecular weight excluding hydrogens is 306 g/mol. The maximum absolute atomic E-state index is 12.6. The molecule has 6 heteroatoms. The molecule has 0 spiro atoms. The van der Waals surface area contributed by atoms with Crippen molar-refractivity contribution in [3.63, 3.8) is 0 Å². The van der Waals surface area contributed by atoms with E-state index < -0.39 is 10.0 Å². The highest BCUT2D eigenvalue weighted by Crippen LogP contribution is 2.21. The van der Waals surface area contributed by atoms with Gasteiger partial charge in [-0.2, -0.15) is 4.31 Å². The van der Waals surface area contributed by atoms with Gasteiger partial charge in [0.2, 0.25) is 10.0 Å². The molecule has 0 aromatic carbocycles. The van der Waals surface area contributed by atoms with E-state index in [1.54, 1.807) is 15.6 Å². The van der Waals surface area contributed by atoms with Crippen molar-refractivity contribution in [1.82, 2.24) is 4.31 Å². The van der Waals surface area contributed by atoms with Crippen molar-refractivity contribution in [2.75, 3.05) is 25.5 Å². The number of nitrogens with zero attached hydrogens (tertiary/aromatic N) is 1. The van der Waals surface area contributed by atoms with E-state index >= 15 is 0 Å². The lowest BCUT2D eigenvalue weighted by molar-refractivity contribution is 0.0587. The molecular formula is C15H25NO3S2. The van der Waals surface area contributed by atoms with Crippen molar-refractivity contribution in [1.29, 1.82) is 0 Å². The molecule has 2 rings (SSSR count). The van der Waals surface area contributed by atoms with Crippen LogP contribution in [0.1, 0.15) is 37.5 Å². The highest BCUT2D eigenvalue weighted by molar-refractivity contribution is 7.89. The molecule has 1 fully saturated rings. The van der Waals surface area contributed by atoms with Gasteiger partial charge in [-0.1, -0.05) is 19.4 Å². The molecule has 0 saturated carbocycles. The highest BCUT2D eigenvalue weighted by Gasteiger charge is 2.30. The summed E-state index contributed by atoms with van der Waals surface area (Å²) in [7, 11) is -3.15. The monoisotopic (exact) mass is 331 g/mol. The van der Waals surface area contributed by atoms with Crippen molar-refractivity contribution < 1.29 is 13.2 Å². The Hall–Kier alpha value is -0.430. The lowest BCUT2D eigenvalue weighted by atomic mass is 10.1. The Kier molecular flexibility index (Phi) is 6.67. The van der Waals surface area contributed by atoms with Crippen LogP contribution in [0.15, 0.2) is 17.5 Å². The lowest BCUT2D eigenvalue weighted by Gasteiger charge is -2.33. The third-order valence-electron chi connectivity index (χ3n) is 3.87. The predicted octanol–water partition coefficient (Wildman–Crippen LogP) is 2.90. The van der Waals surface area contributed by atoms with E-state index in [1.165, 1.54) is 4.88 Å². The van der Waals surface area contributed by atoms with E-state index in [1.807, 2.05) is 18.4 Å². The number of thiophene rings is 1. The fourth-order valence-corrected chi connectivity index (χ4v) is 5.26. The van der Waals surface area contributed by atoms with Gasteiger partial charge in [0.1, 0.15) is 0 Å². The summed E-state index contributed by atoms with van der Waals surface area (Å²) in [6.07, 6.45) is 4.08. The number of rotatable bonds is 8. The van der Waals surface area contributed by atoms with Crippen LogP contribution in [0.3, 0.4) is 0 Å². The SMILES string of the molecule is CCCCS(=O)(=O)N(CCc1cccs1)C1CCOCC1. The Morgan fingerprint density at radius 2 is 2.14 bits per heavy atom. The molecule has 120 valence electrons. The van der Waals surface area contributed by atoms with Gasteiger partial charge in [-0.15, -0.1) is 11.3 Å². The highest BCUT2D eigenvalue weighted by atomic mass is 32.2. The standard InChI is InChI=1S/C15H25NO3S2/c1-2-3-13-21(17,18)16(14-7-10-19-11-8-14)9-6-15-5-4-12-20-15/h4-5,12,14H,2-3,6-11,13H2,1H3. The van der Waals surface area contributed by atoms with Crippen molar-refractivity contribution in [3.8, 4) is 0 Å². The third-order valence-corrected chi connectivity index (χ3v) is 6.81. The second-order valence-corrected chi connectivity index (χ2v) is 8.53. The van der Waals surface area contributed by atoms with Crippen LogP contribution in [0.5, 0.6) is 0 Å². The van der Waals surface area contributed by atoms with E-state index in [0.717, 1.165) is 32.1 Å². The molecule has 0 aliphatic carbocycles. The summed E-state index contributed by atoms with van der Waals surface area (Å²) in [5, 5.41) is 2.04. The molecule has 0 amide bonds. The van der Waals surface area contributed by atoms with Crippen LogP contribution in [0.2, 0.25) is 0 Å². The zero-order valence-corrected chi connectivity index (χ0v) is 14.3. The van der Waals surface area contributed by atoms with Gasteiger partial charge in [0, 0.05) is 30.7 Å². The molecule has 4 nitrogen and oxygen atoms in total. The van der Waals surface area contributed by atoms with Gasteiger partial charge in [-0.3, -0.25) is 0 Å². The Morgan fingerprint density at radius 1 is 1.38 bits per heavy atom. The second kappa shape index (κ2) is 8.27. The summed E-state index contributed by atoms with van der Waals surface area (Å²) >= 11 is 1.69. The van der Waals surface area contributed by atoms with Crippen molar-refractivity contribution in [2.45, 2.75) is 45.1 Å². The van der Waals surface area contributed by atoms with Crippen LogP contribution in [-0.4, -0.2) is 44.3 Å². The molecule has 0 atom stereocenters. The number of hydrogen-bond donors (Lipinski definition) is 0. The molecule has 1 aliphatic heterocycles. The van der Waals surface area contributed by atoms with Crippen molar-refractivity contribution in [3.05, 3.63) is 22.4 Å². The Bertz CT molecular complexity index is 493. The molecule has 0 bridgehead atoms. The number of ether oxygens (including phenoxy) is 1. The first kappa shape index (κ1) is 16.9. The molecule has 0 unspecified atom stereocenters. The first-order valence-corrected chi connectivity index (χ1v) is 10.2. The molecule has 1 saturated heterocycles. The average Bonchev–Trinajstić information content (AvgIpc) is 3.00. The minimum Gasteiger partial charge on any atom is -0.381 e. The topological polar surface area (TPSA) is 46.6 Å². The fraction of sp³-hybridized carbons (Fsp3) is 0.733. The van der Waals surface area contributed by atoms with Crippen molar-refractivity contribution in [2.24, 2.45) is 0 Å². The minimum absolute atomic E-state index is 0.112. The van der Waals surface area contributed by atoms with Crippen LogP contribution < -0.4 is 0 Å². The average molecular weight is 332 g/mol. The fourth-order valence-electron chi connectivity index (χ4n) is 2.64. The summed E-state index contributed by atoms with van der Waals surface area (Å²) in [5.74, 6) is 0.269. The van der Waals surface area contributed by atoms with Gasteiger partial charge in [0.25, 0.3) is 0 Å². The summed E-state index contributed by atoms with van der Waals surface area (Å²) in [6, 6.07) is 4.20. The maximum Gasteiger partial charge on any atom is 0.214 e. The van der Waals surface area contributed by atoms with Crippen LogP contribution in [-0.2, 0) is 21.2 Å². The Balaban J connectivity index is 2.05. The third kappa shape index (κ3) is 5.06. The number of sulfonamides is 1. The van der Waals surface area contributed by atoms with E-state index in [2.05, 4.69) is 6.07 Å². The molecule has 1 aliphatic rings. The lowest BCUT2D eigenvalue weighted by Crippen LogP contribution is -2.45. The smallest absolute Gasteiger partial charge is 0.214 e.